The monoisotopic (exact) mass is 407 g/mol. The van der Waals surface area contributed by atoms with Crippen molar-refractivity contribution < 1.29 is 14.3 Å². The Labute approximate surface area is 175 Å². The van der Waals surface area contributed by atoms with Crippen LogP contribution in [0.4, 0.5) is 5.82 Å². The summed E-state index contributed by atoms with van der Waals surface area (Å²) in [5.74, 6) is 0.918. The maximum atomic E-state index is 13.3. The smallest absolute Gasteiger partial charge is 0.254 e. The fourth-order valence-corrected chi connectivity index (χ4v) is 3.66. The molecule has 2 aromatic heterocycles. The summed E-state index contributed by atoms with van der Waals surface area (Å²) in [5.41, 5.74) is 10.1. The molecule has 1 aliphatic heterocycles. The second-order valence-corrected chi connectivity index (χ2v) is 7.20. The van der Waals surface area contributed by atoms with Crippen LogP contribution in [-0.2, 0) is 24.5 Å². The lowest BCUT2D eigenvalue weighted by atomic mass is 10.0. The van der Waals surface area contributed by atoms with E-state index in [1.165, 1.54) is 0 Å². The van der Waals surface area contributed by atoms with Gasteiger partial charge < -0.3 is 20.1 Å². The number of carbonyl (C=O) groups excluding carboxylic acids is 1. The van der Waals surface area contributed by atoms with Crippen LogP contribution in [0.15, 0.2) is 30.3 Å². The highest BCUT2D eigenvalue weighted by Crippen LogP contribution is 2.31. The summed E-state index contributed by atoms with van der Waals surface area (Å²) in [5, 5.41) is 9.17. The Morgan fingerprint density at radius 1 is 1.17 bits per heavy atom. The number of nitrogens with two attached hydrogens (primary N) is 1. The molecule has 1 aliphatic rings. The van der Waals surface area contributed by atoms with Crippen LogP contribution < -0.4 is 10.5 Å². The number of hydrogen-bond acceptors (Lipinski definition) is 7. The summed E-state index contributed by atoms with van der Waals surface area (Å²) in [6.45, 7) is 6.41. The summed E-state index contributed by atoms with van der Waals surface area (Å²) in [6.07, 6.45) is 0.838. The SMILES string of the molecule is CCCN(Cc1ccc(OCC)nn1)C(=O)c1ccc2nc(N)c3c(c2c1)COC3. The Bertz CT molecular complexity index is 1070. The number of benzene rings is 1. The average molecular weight is 407 g/mol. The van der Waals surface area contributed by atoms with Crippen molar-refractivity contribution in [1.82, 2.24) is 20.1 Å². The van der Waals surface area contributed by atoms with Crippen LogP contribution in [0.3, 0.4) is 0 Å². The highest BCUT2D eigenvalue weighted by atomic mass is 16.5. The Kier molecular flexibility index (Phi) is 5.76. The topological polar surface area (TPSA) is 103 Å². The molecule has 0 saturated heterocycles. The number of anilines is 1. The van der Waals surface area contributed by atoms with Gasteiger partial charge in [0.15, 0.2) is 0 Å². The Morgan fingerprint density at radius 3 is 2.73 bits per heavy atom. The van der Waals surface area contributed by atoms with E-state index in [0.717, 1.165) is 28.5 Å². The lowest BCUT2D eigenvalue weighted by molar-refractivity contribution is 0.0741. The molecule has 4 rings (SSSR count). The van der Waals surface area contributed by atoms with Gasteiger partial charge in [0, 0.05) is 29.1 Å². The zero-order chi connectivity index (χ0) is 21.1. The van der Waals surface area contributed by atoms with E-state index in [1.54, 1.807) is 17.0 Å². The van der Waals surface area contributed by atoms with Gasteiger partial charge in [0.25, 0.3) is 5.91 Å². The number of amides is 1. The maximum absolute atomic E-state index is 13.3. The number of ether oxygens (including phenoxy) is 2. The number of nitrogens with zero attached hydrogens (tertiary/aromatic N) is 4. The van der Waals surface area contributed by atoms with Gasteiger partial charge in [-0.2, -0.15) is 5.10 Å². The minimum atomic E-state index is -0.0566. The fourth-order valence-electron chi connectivity index (χ4n) is 3.66. The van der Waals surface area contributed by atoms with Gasteiger partial charge in [0.05, 0.1) is 37.6 Å². The first-order valence-corrected chi connectivity index (χ1v) is 10.1. The summed E-state index contributed by atoms with van der Waals surface area (Å²) < 4.78 is 10.9. The van der Waals surface area contributed by atoms with E-state index >= 15 is 0 Å². The lowest BCUT2D eigenvalue weighted by Gasteiger charge is -2.22. The van der Waals surface area contributed by atoms with E-state index in [4.69, 9.17) is 15.2 Å². The zero-order valence-corrected chi connectivity index (χ0v) is 17.2. The molecule has 30 heavy (non-hydrogen) atoms. The van der Waals surface area contributed by atoms with Crippen molar-refractivity contribution in [2.45, 2.75) is 40.0 Å². The van der Waals surface area contributed by atoms with E-state index in [2.05, 4.69) is 15.2 Å². The van der Waals surface area contributed by atoms with Crippen LogP contribution in [0.2, 0.25) is 0 Å². The van der Waals surface area contributed by atoms with Crippen molar-refractivity contribution in [2.75, 3.05) is 18.9 Å². The molecule has 0 spiro atoms. The highest BCUT2D eigenvalue weighted by molar-refractivity contribution is 5.99. The third kappa shape index (κ3) is 3.91. The molecule has 1 amide bonds. The Morgan fingerprint density at radius 2 is 2.00 bits per heavy atom. The number of pyridine rings is 1. The molecule has 0 radical (unpaired) electrons. The first-order valence-electron chi connectivity index (χ1n) is 10.1. The molecule has 0 aliphatic carbocycles. The number of nitrogen functional groups attached to an aromatic ring is 1. The molecular weight excluding hydrogens is 382 g/mol. The largest absolute Gasteiger partial charge is 0.477 e. The number of carbonyl (C=O) groups is 1. The van der Waals surface area contributed by atoms with Crippen LogP contribution in [0.1, 0.15) is 47.4 Å². The van der Waals surface area contributed by atoms with Crippen LogP contribution >= 0.6 is 0 Å². The molecule has 0 fully saturated rings. The molecule has 0 saturated carbocycles. The summed E-state index contributed by atoms with van der Waals surface area (Å²) in [4.78, 5) is 19.5. The van der Waals surface area contributed by atoms with Gasteiger partial charge in [0.1, 0.15) is 5.82 Å². The quantitative estimate of drug-likeness (QED) is 0.642. The highest BCUT2D eigenvalue weighted by Gasteiger charge is 2.22. The summed E-state index contributed by atoms with van der Waals surface area (Å²) in [6, 6.07) is 9.15. The summed E-state index contributed by atoms with van der Waals surface area (Å²) in [7, 11) is 0. The van der Waals surface area contributed by atoms with E-state index < -0.39 is 0 Å². The van der Waals surface area contributed by atoms with Crippen molar-refractivity contribution in [3.8, 4) is 5.88 Å². The normalized spacial score (nSPS) is 12.7. The first kappa shape index (κ1) is 20.0. The number of fused-ring (bicyclic) bond motifs is 3. The predicted octanol–water partition coefficient (Wildman–Crippen LogP) is 3.09. The molecule has 2 N–H and O–H groups in total. The molecule has 0 atom stereocenters. The minimum absolute atomic E-state index is 0.0566. The van der Waals surface area contributed by atoms with E-state index in [1.807, 2.05) is 32.0 Å². The van der Waals surface area contributed by atoms with Gasteiger partial charge in [-0.25, -0.2) is 4.98 Å². The molecule has 8 nitrogen and oxygen atoms in total. The van der Waals surface area contributed by atoms with Gasteiger partial charge in [-0.1, -0.05) is 6.92 Å². The van der Waals surface area contributed by atoms with E-state index in [-0.39, 0.29) is 5.91 Å². The van der Waals surface area contributed by atoms with E-state index in [9.17, 15) is 4.79 Å². The van der Waals surface area contributed by atoms with Gasteiger partial charge in [-0.15, -0.1) is 5.10 Å². The van der Waals surface area contributed by atoms with Crippen molar-refractivity contribution in [3.05, 3.63) is 52.7 Å². The molecule has 3 aromatic rings. The first-order chi connectivity index (χ1) is 14.6. The van der Waals surface area contributed by atoms with Crippen LogP contribution in [0.5, 0.6) is 5.88 Å². The molecule has 156 valence electrons. The van der Waals surface area contributed by atoms with Gasteiger partial charge in [-0.3, -0.25) is 4.79 Å². The van der Waals surface area contributed by atoms with Crippen molar-refractivity contribution in [1.29, 1.82) is 0 Å². The lowest BCUT2D eigenvalue weighted by Crippen LogP contribution is -2.31. The number of aromatic nitrogens is 3. The summed E-state index contributed by atoms with van der Waals surface area (Å²) >= 11 is 0. The molecule has 3 heterocycles. The molecule has 8 heteroatoms. The molecular formula is C22H25N5O3. The second kappa shape index (κ2) is 8.62. The number of rotatable bonds is 7. The minimum Gasteiger partial charge on any atom is -0.477 e. The molecule has 1 aromatic carbocycles. The van der Waals surface area contributed by atoms with Gasteiger partial charge in [-0.05, 0) is 43.2 Å². The third-order valence-electron chi connectivity index (χ3n) is 5.10. The average Bonchev–Trinajstić information content (AvgIpc) is 3.25. The second-order valence-electron chi connectivity index (χ2n) is 7.20. The van der Waals surface area contributed by atoms with Crippen LogP contribution in [0, 0.1) is 0 Å². The number of hydrogen-bond donors (Lipinski definition) is 1. The van der Waals surface area contributed by atoms with Crippen LogP contribution in [0.25, 0.3) is 10.9 Å². The zero-order valence-electron chi connectivity index (χ0n) is 17.2. The molecule has 0 unspecified atom stereocenters. The Hall–Kier alpha value is -3.26. The Balaban J connectivity index is 1.61. The van der Waals surface area contributed by atoms with Crippen molar-refractivity contribution in [2.24, 2.45) is 0 Å². The van der Waals surface area contributed by atoms with Gasteiger partial charge in [0.2, 0.25) is 5.88 Å². The van der Waals surface area contributed by atoms with Crippen molar-refractivity contribution >= 4 is 22.6 Å². The molecule has 0 bridgehead atoms. The fraction of sp³-hybridized carbons (Fsp3) is 0.364. The standard InChI is InChI=1S/C22H25N5O3/c1-3-9-27(11-15-6-8-20(26-25-15)30-4-2)22(28)14-5-7-19-16(10-14)17-12-29-13-18(17)21(23)24-19/h5-8,10H,3-4,9,11-13H2,1-2H3,(H2,23,24). The van der Waals surface area contributed by atoms with Gasteiger partial charge >= 0.3 is 0 Å². The van der Waals surface area contributed by atoms with Crippen LogP contribution in [-0.4, -0.2) is 39.1 Å². The maximum Gasteiger partial charge on any atom is 0.254 e. The van der Waals surface area contributed by atoms with Crippen molar-refractivity contribution in [3.63, 3.8) is 0 Å². The van der Waals surface area contributed by atoms with E-state index in [0.29, 0.717) is 55.9 Å². The third-order valence-corrected chi connectivity index (χ3v) is 5.10. The predicted molar refractivity (Wildman–Crippen MR) is 113 cm³/mol.